The number of aromatic nitrogens is 3. The minimum atomic E-state index is -0.339. The summed E-state index contributed by atoms with van der Waals surface area (Å²) in [6, 6.07) is 16.1. The molecule has 1 aliphatic rings. The first-order chi connectivity index (χ1) is 13.7. The van der Waals surface area contributed by atoms with E-state index in [0.29, 0.717) is 28.6 Å². The van der Waals surface area contributed by atoms with Gasteiger partial charge in [-0.3, -0.25) is 0 Å². The van der Waals surface area contributed by atoms with E-state index in [1.165, 1.54) is 12.1 Å². The van der Waals surface area contributed by atoms with E-state index < -0.39 is 0 Å². The molecular formula is C22H14FN5. The predicted molar refractivity (Wildman–Crippen MR) is 105 cm³/mol. The number of nitriles is 1. The lowest BCUT2D eigenvalue weighted by Gasteiger charge is -2.09. The summed E-state index contributed by atoms with van der Waals surface area (Å²) >= 11 is 0. The zero-order valence-corrected chi connectivity index (χ0v) is 14.9. The van der Waals surface area contributed by atoms with Gasteiger partial charge in [0.15, 0.2) is 0 Å². The Hall–Kier alpha value is -3.98. The second-order valence-corrected chi connectivity index (χ2v) is 6.63. The fourth-order valence-corrected chi connectivity index (χ4v) is 3.62. The fourth-order valence-electron chi connectivity index (χ4n) is 3.62. The van der Waals surface area contributed by atoms with E-state index in [-0.39, 0.29) is 5.82 Å². The Bertz CT molecular complexity index is 1280. The Morgan fingerprint density at radius 3 is 2.82 bits per heavy atom. The highest BCUT2D eigenvalue weighted by Crippen LogP contribution is 2.43. The number of hydrogen-bond acceptors (Lipinski definition) is 4. The van der Waals surface area contributed by atoms with Gasteiger partial charge in [0.25, 0.3) is 0 Å². The first-order valence-corrected chi connectivity index (χ1v) is 8.78. The number of nitrogens with zero attached hydrogens (tertiary/aromatic N) is 3. The normalized spacial score (nSPS) is 11.5. The van der Waals surface area contributed by atoms with Crippen molar-refractivity contribution < 1.29 is 4.39 Å². The summed E-state index contributed by atoms with van der Waals surface area (Å²) in [5.74, 6) is 0.883. The predicted octanol–water partition coefficient (Wildman–Crippen LogP) is 5.18. The van der Waals surface area contributed by atoms with Crippen molar-refractivity contribution in [2.75, 3.05) is 5.32 Å². The number of nitrogens with one attached hydrogen (secondary N) is 2. The Kier molecular flexibility index (Phi) is 3.49. The van der Waals surface area contributed by atoms with E-state index >= 15 is 0 Å². The van der Waals surface area contributed by atoms with Crippen molar-refractivity contribution in [3.8, 4) is 40.0 Å². The van der Waals surface area contributed by atoms with Crippen molar-refractivity contribution >= 4 is 11.5 Å². The van der Waals surface area contributed by atoms with Crippen molar-refractivity contribution in [1.29, 1.82) is 5.26 Å². The molecule has 0 unspecified atom stereocenters. The number of anilines is 2. The van der Waals surface area contributed by atoms with E-state index in [0.717, 1.165) is 27.9 Å². The van der Waals surface area contributed by atoms with Crippen molar-refractivity contribution in [2.24, 2.45) is 0 Å². The summed E-state index contributed by atoms with van der Waals surface area (Å²) in [6.45, 7) is 1.95. The quantitative estimate of drug-likeness (QED) is 0.428. The number of H-pyrrole nitrogens is 1. The number of pyridine rings is 1. The molecule has 0 fully saturated rings. The third kappa shape index (κ3) is 2.37. The van der Waals surface area contributed by atoms with Crippen LogP contribution in [-0.4, -0.2) is 15.0 Å². The number of aryl methyl sites for hydroxylation is 1. The Morgan fingerprint density at radius 1 is 1.07 bits per heavy atom. The first kappa shape index (κ1) is 16.2. The second-order valence-electron chi connectivity index (χ2n) is 6.63. The molecule has 0 atom stereocenters. The van der Waals surface area contributed by atoms with Gasteiger partial charge in [-0.05, 0) is 48.9 Å². The fraction of sp³-hybridized carbons (Fsp3) is 0.0455. The van der Waals surface area contributed by atoms with Crippen LogP contribution in [0.1, 0.15) is 11.1 Å². The molecule has 5 rings (SSSR count). The smallest absolute Gasteiger partial charge is 0.140 e. The van der Waals surface area contributed by atoms with Crippen LogP contribution in [0.5, 0.6) is 0 Å². The maximum Gasteiger partial charge on any atom is 0.140 e. The van der Waals surface area contributed by atoms with Crippen molar-refractivity contribution in [3.63, 3.8) is 0 Å². The number of fused-ring (bicyclic) bond motifs is 5. The van der Waals surface area contributed by atoms with Crippen molar-refractivity contribution in [3.05, 3.63) is 71.7 Å². The Morgan fingerprint density at radius 2 is 1.96 bits per heavy atom. The van der Waals surface area contributed by atoms with Crippen LogP contribution in [-0.2, 0) is 0 Å². The van der Waals surface area contributed by atoms with Crippen molar-refractivity contribution in [2.45, 2.75) is 6.92 Å². The lowest BCUT2D eigenvalue weighted by Crippen LogP contribution is -1.96. The first-order valence-electron chi connectivity index (χ1n) is 8.78. The molecule has 0 saturated carbocycles. The van der Waals surface area contributed by atoms with Crippen LogP contribution in [0, 0.1) is 24.1 Å². The summed E-state index contributed by atoms with van der Waals surface area (Å²) < 4.78 is 13.9. The highest BCUT2D eigenvalue weighted by molar-refractivity contribution is 5.95. The number of hydrogen-bond donors (Lipinski definition) is 2. The number of aromatic amines is 1. The van der Waals surface area contributed by atoms with Gasteiger partial charge >= 0.3 is 0 Å². The van der Waals surface area contributed by atoms with Crippen LogP contribution in [0.2, 0.25) is 0 Å². The van der Waals surface area contributed by atoms with E-state index in [1.807, 2.05) is 31.2 Å². The van der Waals surface area contributed by atoms with Crippen LogP contribution in [0.25, 0.3) is 33.9 Å². The standard InChI is InChI=1S/C22H14FN5/c1-12-4-2-5-13(11-24)18(12)22-27-19-15-8-7-14(23)10-17(15)26-21-16(20(19)28-22)6-3-9-25-21/h2-10H,1H3,(H,25,26)(H,27,28). The number of imidazole rings is 1. The molecule has 0 radical (unpaired) electrons. The average molecular weight is 367 g/mol. The summed E-state index contributed by atoms with van der Waals surface area (Å²) in [4.78, 5) is 12.6. The molecule has 1 aliphatic heterocycles. The summed E-state index contributed by atoms with van der Waals surface area (Å²) in [5.41, 5.74) is 5.94. The van der Waals surface area contributed by atoms with Crippen LogP contribution < -0.4 is 5.32 Å². The van der Waals surface area contributed by atoms with Crippen LogP contribution in [0.4, 0.5) is 15.9 Å². The molecule has 0 amide bonds. The van der Waals surface area contributed by atoms with Gasteiger partial charge in [0, 0.05) is 22.9 Å². The zero-order valence-electron chi connectivity index (χ0n) is 14.9. The molecule has 3 heterocycles. The molecule has 0 aliphatic carbocycles. The average Bonchev–Trinajstić information content (AvgIpc) is 3.07. The molecule has 5 nitrogen and oxygen atoms in total. The van der Waals surface area contributed by atoms with Crippen LogP contribution in [0.15, 0.2) is 54.7 Å². The van der Waals surface area contributed by atoms with E-state index in [4.69, 9.17) is 4.98 Å². The van der Waals surface area contributed by atoms with Gasteiger partial charge in [0.2, 0.25) is 0 Å². The van der Waals surface area contributed by atoms with Crippen LogP contribution in [0.3, 0.4) is 0 Å². The third-order valence-electron chi connectivity index (χ3n) is 4.90. The molecule has 4 aromatic rings. The number of rotatable bonds is 1. The Labute approximate surface area is 160 Å². The second kappa shape index (κ2) is 6.03. The van der Waals surface area contributed by atoms with Gasteiger partial charge in [-0.15, -0.1) is 0 Å². The molecule has 0 bridgehead atoms. The molecule has 2 aromatic heterocycles. The number of halogens is 1. The summed E-state index contributed by atoms with van der Waals surface area (Å²) in [7, 11) is 0. The third-order valence-corrected chi connectivity index (χ3v) is 4.90. The molecule has 6 heteroatoms. The van der Waals surface area contributed by atoms with E-state index in [9.17, 15) is 9.65 Å². The monoisotopic (exact) mass is 367 g/mol. The lowest BCUT2D eigenvalue weighted by molar-refractivity contribution is 0.628. The minimum Gasteiger partial charge on any atom is -0.339 e. The molecule has 0 spiro atoms. The lowest BCUT2D eigenvalue weighted by atomic mass is 10.0. The highest BCUT2D eigenvalue weighted by Gasteiger charge is 2.25. The molecule has 2 aromatic carbocycles. The van der Waals surface area contributed by atoms with Gasteiger partial charge in [-0.25, -0.2) is 14.4 Å². The Balaban J connectivity index is 1.84. The molecule has 28 heavy (non-hydrogen) atoms. The van der Waals surface area contributed by atoms with Crippen molar-refractivity contribution in [1.82, 2.24) is 15.0 Å². The van der Waals surface area contributed by atoms with Gasteiger partial charge in [-0.2, -0.15) is 5.26 Å². The molecule has 0 saturated heterocycles. The maximum absolute atomic E-state index is 13.9. The minimum absolute atomic E-state index is 0.339. The number of benzene rings is 2. The SMILES string of the molecule is Cc1cccc(C#N)c1-c1nc2c([nH]1)-c1cccnc1Nc1cc(F)ccc1-2. The highest BCUT2D eigenvalue weighted by atomic mass is 19.1. The maximum atomic E-state index is 13.9. The van der Waals surface area contributed by atoms with Gasteiger partial charge < -0.3 is 10.3 Å². The van der Waals surface area contributed by atoms with Gasteiger partial charge in [0.1, 0.15) is 17.5 Å². The van der Waals surface area contributed by atoms with Gasteiger partial charge in [0.05, 0.1) is 28.7 Å². The summed E-state index contributed by atoms with van der Waals surface area (Å²) in [5, 5.41) is 12.8. The van der Waals surface area contributed by atoms with E-state index in [2.05, 4.69) is 21.4 Å². The largest absolute Gasteiger partial charge is 0.339 e. The van der Waals surface area contributed by atoms with Gasteiger partial charge in [-0.1, -0.05) is 12.1 Å². The molecule has 134 valence electrons. The zero-order chi connectivity index (χ0) is 19.3. The molecular weight excluding hydrogens is 353 g/mol. The van der Waals surface area contributed by atoms with Crippen LogP contribution >= 0.6 is 0 Å². The van der Waals surface area contributed by atoms with E-state index in [1.54, 1.807) is 18.3 Å². The molecule has 2 N–H and O–H groups in total. The topological polar surface area (TPSA) is 77.4 Å². The summed E-state index contributed by atoms with van der Waals surface area (Å²) in [6.07, 6.45) is 1.68.